The second-order valence-corrected chi connectivity index (χ2v) is 9.63. The van der Waals surface area contributed by atoms with Crippen molar-refractivity contribution in [2.45, 2.75) is 20.8 Å². The number of anilines is 1. The Balaban J connectivity index is 1.44. The van der Waals surface area contributed by atoms with Crippen LogP contribution < -0.4 is 19.1 Å². The minimum Gasteiger partial charge on any atom is -0.490 e. The highest BCUT2D eigenvalue weighted by atomic mass is 32.2. The molecule has 0 atom stereocenters. The SMILES string of the molecule is CCOc1cc(/C=C2\SC(=S)N(c3ccccc3)C2=O)ccc1OCCOc1ccc(C)cc1C. The van der Waals surface area contributed by atoms with Gasteiger partial charge in [0, 0.05) is 0 Å². The van der Waals surface area contributed by atoms with E-state index in [1.807, 2.05) is 80.6 Å². The zero-order valence-corrected chi connectivity index (χ0v) is 21.6. The number of amides is 1. The molecule has 1 fully saturated rings. The van der Waals surface area contributed by atoms with E-state index in [0.717, 1.165) is 22.6 Å². The Bertz CT molecular complexity index is 1260. The minimum absolute atomic E-state index is 0.131. The molecule has 0 radical (unpaired) electrons. The summed E-state index contributed by atoms with van der Waals surface area (Å²) in [6.45, 7) is 7.30. The maximum atomic E-state index is 13.0. The van der Waals surface area contributed by atoms with Crippen LogP contribution in [0.15, 0.2) is 71.6 Å². The fourth-order valence-electron chi connectivity index (χ4n) is 3.69. The van der Waals surface area contributed by atoms with Crippen LogP contribution in [0.2, 0.25) is 0 Å². The first-order valence-electron chi connectivity index (χ1n) is 11.4. The van der Waals surface area contributed by atoms with Crippen molar-refractivity contribution in [3.8, 4) is 17.2 Å². The van der Waals surface area contributed by atoms with Crippen molar-refractivity contribution in [1.29, 1.82) is 0 Å². The van der Waals surface area contributed by atoms with Gasteiger partial charge in [0.2, 0.25) is 0 Å². The number of carbonyl (C=O) groups is 1. The molecule has 1 aliphatic rings. The maximum absolute atomic E-state index is 13.0. The summed E-state index contributed by atoms with van der Waals surface area (Å²) >= 11 is 6.75. The highest BCUT2D eigenvalue weighted by Crippen LogP contribution is 2.37. The maximum Gasteiger partial charge on any atom is 0.270 e. The van der Waals surface area contributed by atoms with E-state index < -0.39 is 0 Å². The molecule has 180 valence electrons. The van der Waals surface area contributed by atoms with Gasteiger partial charge in [-0.05, 0) is 68.3 Å². The van der Waals surface area contributed by atoms with Crippen LogP contribution in [-0.2, 0) is 4.79 Å². The van der Waals surface area contributed by atoms with Gasteiger partial charge in [-0.2, -0.15) is 0 Å². The van der Waals surface area contributed by atoms with Gasteiger partial charge < -0.3 is 14.2 Å². The Morgan fingerprint density at radius 1 is 0.886 bits per heavy atom. The highest BCUT2D eigenvalue weighted by Gasteiger charge is 2.33. The molecular formula is C28H27NO4S2. The summed E-state index contributed by atoms with van der Waals surface area (Å²) < 4.78 is 18.1. The Hall–Kier alpha value is -3.29. The van der Waals surface area contributed by atoms with Crippen LogP contribution in [-0.4, -0.2) is 30.0 Å². The van der Waals surface area contributed by atoms with Crippen LogP contribution in [0.4, 0.5) is 5.69 Å². The molecule has 1 aliphatic heterocycles. The number of carbonyl (C=O) groups excluding carboxylic acids is 1. The van der Waals surface area contributed by atoms with Gasteiger partial charge in [0.05, 0.1) is 17.2 Å². The van der Waals surface area contributed by atoms with Crippen LogP contribution in [0.5, 0.6) is 17.2 Å². The van der Waals surface area contributed by atoms with Gasteiger partial charge >= 0.3 is 0 Å². The van der Waals surface area contributed by atoms with E-state index >= 15 is 0 Å². The summed E-state index contributed by atoms with van der Waals surface area (Å²) in [5.41, 5.74) is 3.90. The van der Waals surface area contributed by atoms with E-state index in [4.69, 9.17) is 26.4 Å². The smallest absolute Gasteiger partial charge is 0.270 e. The van der Waals surface area contributed by atoms with Crippen molar-refractivity contribution in [3.63, 3.8) is 0 Å². The fourth-order valence-corrected chi connectivity index (χ4v) is 4.98. The zero-order chi connectivity index (χ0) is 24.8. The van der Waals surface area contributed by atoms with Crippen LogP contribution in [0.3, 0.4) is 0 Å². The van der Waals surface area contributed by atoms with Gasteiger partial charge in [-0.15, -0.1) is 0 Å². The molecule has 7 heteroatoms. The standard InChI is InChI=1S/C28H27NO4S2/c1-4-31-25-17-21(18-26-27(30)29(28(34)35-26)22-8-6-5-7-9-22)11-13-24(25)33-15-14-32-23-12-10-19(2)16-20(23)3/h5-13,16-18H,4,14-15H2,1-3H3/b26-18-. The number of thiocarbonyl (C=S) groups is 1. The van der Waals surface area contributed by atoms with Crippen molar-refractivity contribution in [3.05, 3.63) is 88.3 Å². The lowest BCUT2D eigenvalue weighted by Crippen LogP contribution is -2.27. The van der Waals surface area contributed by atoms with Gasteiger partial charge in [0.1, 0.15) is 19.0 Å². The number of para-hydroxylation sites is 1. The third-order valence-corrected chi connectivity index (χ3v) is 6.60. The summed E-state index contributed by atoms with van der Waals surface area (Å²) in [6.07, 6.45) is 1.83. The van der Waals surface area contributed by atoms with Crippen molar-refractivity contribution < 1.29 is 19.0 Å². The largest absolute Gasteiger partial charge is 0.490 e. The quantitative estimate of drug-likeness (QED) is 0.186. The number of benzene rings is 3. The van der Waals surface area contributed by atoms with Crippen LogP contribution in [0, 0.1) is 13.8 Å². The normalized spacial score (nSPS) is 14.5. The molecule has 0 bridgehead atoms. The van der Waals surface area contributed by atoms with E-state index in [-0.39, 0.29) is 5.91 Å². The number of hydrogen-bond donors (Lipinski definition) is 0. The summed E-state index contributed by atoms with van der Waals surface area (Å²) in [5, 5.41) is 0. The van der Waals surface area contributed by atoms with Gasteiger partial charge in [-0.1, -0.05) is 65.9 Å². The average Bonchev–Trinajstić information content (AvgIpc) is 3.12. The van der Waals surface area contributed by atoms with Crippen LogP contribution >= 0.6 is 24.0 Å². The summed E-state index contributed by atoms with van der Waals surface area (Å²) in [7, 11) is 0. The first-order valence-corrected chi connectivity index (χ1v) is 12.6. The summed E-state index contributed by atoms with van der Waals surface area (Å²) in [5.74, 6) is 1.97. The lowest BCUT2D eigenvalue weighted by atomic mass is 10.1. The van der Waals surface area contributed by atoms with Gasteiger partial charge in [-0.25, -0.2) is 0 Å². The van der Waals surface area contributed by atoms with Crippen molar-refractivity contribution in [2.75, 3.05) is 24.7 Å². The minimum atomic E-state index is -0.131. The highest BCUT2D eigenvalue weighted by molar-refractivity contribution is 8.27. The van der Waals surface area contributed by atoms with E-state index in [9.17, 15) is 4.79 Å². The van der Waals surface area contributed by atoms with E-state index in [1.165, 1.54) is 17.3 Å². The Labute approximate surface area is 215 Å². The molecular weight excluding hydrogens is 478 g/mol. The first kappa shape index (κ1) is 24.8. The molecule has 5 nitrogen and oxygen atoms in total. The van der Waals surface area contributed by atoms with Crippen LogP contribution in [0.1, 0.15) is 23.6 Å². The third-order valence-electron chi connectivity index (χ3n) is 5.30. The predicted molar refractivity (Wildman–Crippen MR) is 147 cm³/mol. The molecule has 35 heavy (non-hydrogen) atoms. The molecule has 0 aromatic heterocycles. The van der Waals surface area contributed by atoms with Crippen molar-refractivity contribution >= 4 is 46.0 Å². The molecule has 1 heterocycles. The number of nitrogens with zero attached hydrogens (tertiary/aromatic N) is 1. The van der Waals surface area contributed by atoms with E-state index in [2.05, 4.69) is 13.0 Å². The number of hydrogen-bond acceptors (Lipinski definition) is 6. The Morgan fingerprint density at radius 2 is 1.60 bits per heavy atom. The molecule has 3 aromatic rings. The molecule has 1 amide bonds. The fraction of sp³-hybridized carbons (Fsp3) is 0.214. The van der Waals surface area contributed by atoms with Gasteiger partial charge in [0.15, 0.2) is 15.8 Å². The molecule has 0 unspecified atom stereocenters. The van der Waals surface area contributed by atoms with E-state index in [1.54, 1.807) is 4.90 Å². The molecule has 0 saturated carbocycles. The summed E-state index contributed by atoms with van der Waals surface area (Å²) in [4.78, 5) is 15.1. The molecule has 0 spiro atoms. The summed E-state index contributed by atoms with van der Waals surface area (Å²) in [6, 6.07) is 21.2. The monoisotopic (exact) mass is 505 g/mol. The second kappa shape index (κ2) is 11.4. The zero-order valence-electron chi connectivity index (χ0n) is 19.9. The molecule has 3 aromatic carbocycles. The molecule has 4 rings (SSSR count). The van der Waals surface area contributed by atoms with Crippen LogP contribution in [0.25, 0.3) is 6.08 Å². The Morgan fingerprint density at radius 3 is 2.31 bits per heavy atom. The predicted octanol–water partition coefficient (Wildman–Crippen LogP) is 6.57. The van der Waals surface area contributed by atoms with Gasteiger partial charge in [-0.3, -0.25) is 9.69 Å². The lowest BCUT2D eigenvalue weighted by Gasteiger charge is -2.14. The first-order chi connectivity index (χ1) is 17.0. The van der Waals surface area contributed by atoms with E-state index in [0.29, 0.717) is 40.5 Å². The molecule has 1 saturated heterocycles. The van der Waals surface area contributed by atoms with Crippen molar-refractivity contribution in [2.24, 2.45) is 0 Å². The average molecular weight is 506 g/mol. The third kappa shape index (κ3) is 6.05. The number of aryl methyl sites for hydroxylation is 2. The Kier molecular flexibility index (Phi) is 8.10. The lowest BCUT2D eigenvalue weighted by molar-refractivity contribution is -0.113. The number of thioether (sulfide) groups is 1. The number of rotatable bonds is 9. The van der Waals surface area contributed by atoms with Gasteiger partial charge in [0.25, 0.3) is 5.91 Å². The molecule has 0 aliphatic carbocycles. The van der Waals surface area contributed by atoms with Crippen molar-refractivity contribution in [1.82, 2.24) is 0 Å². The molecule has 0 N–H and O–H groups in total. The second-order valence-electron chi connectivity index (χ2n) is 7.96. The number of ether oxygens (including phenoxy) is 3. The topological polar surface area (TPSA) is 48.0 Å².